The number of ether oxygens (including phenoxy) is 2. The molecule has 0 bridgehead atoms. The monoisotopic (exact) mass is 192 g/mol. The van der Waals surface area contributed by atoms with Gasteiger partial charge in [0.25, 0.3) is 0 Å². The summed E-state index contributed by atoms with van der Waals surface area (Å²) in [6.07, 6.45) is -4.63. The van der Waals surface area contributed by atoms with E-state index >= 15 is 0 Å². The Hall–Kier alpha value is -0.690. The van der Waals surface area contributed by atoms with Crippen LogP contribution >= 0.6 is 0 Å². The molecular weight excluding hydrogens is 180 g/mol. The van der Waals surface area contributed by atoms with Crippen molar-refractivity contribution in [3.63, 3.8) is 0 Å². The maximum Gasteiger partial charge on any atom is 0.305 e. The van der Waals surface area contributed by atoms with Crippen molar-refractivity contribution in [2.45, 2.75) is 31.5 Å². The van der Waals surface area contributed by atoms with Gasteiger partial charge in [-0.15, -0.1) is 0 Å². The van der Waals surface area contributed by atoms with Crippen molar-refractivity contribution in [2.24, 2.45) is 0 Å². The second-order valence-electron chi connectivity index (χ2n) is 2.82. The maximum atomic E-state index is 10.5. The van der Waals surface area contributed by atoms with Gasteiger partial charge in [0.1, 0.15) is 18.3 Å². The van der Waals surface area contributed by atoms with Gasteiger partial charge in [-0.3, -0.25) is 4.79 Å². The van der Waals surface area contributed by atoms with Gasteiger partial charge in [-0.05, 0) is 0 Å². The van der Waals surface area contributed by atoms with Gasteiger partial charge < -0.3 is 24.8 Å². The lowest BCUT2D eigenvalue weighted by atomic mass is 10.1. The van der Waals surface area contributed by atoms with E-state index in [2.05, 4.69) is 4.74 Å². The number of esters is 1. The first-order valence-electron chi connectivity index (χ1n) is 3.86. The van der Waals surface area contributed by atoms with Gasteiger partial charge in [0.2, 0.25) is 6.29 Å². The Morgan fingerprint density at radius 3 is 2.46 bits per heavy atom. The second-order valence-corrected chi connectivity index (χ2v) is 2.82. The van der Waals surface area contributed by atoms with Crippen molar-refractivity contribution >= 4 is 5.97 Å². The quantitative estimate of drug-likeness (QED) is 0.437. The van der Waals surface area contributed by atoms with E-state index in [0.717, 1.165) is 6.92 Å². The molecule has 0 aromatic carbocycles. The standard InChI is InChI=1S/C7H12O6/c1-3(9)12-7-6(11)5(10)4(2-8)13-7/h4-8,10-11H,2H2,1H3/t4-,5-,6-,7?/m0/s1. The smallest absolute Gasteiger partial charge is 0.305 e. The summed E-state index contributed by atoms with van der Waals surface area (Å²) in [6.45, 7) is 0.727. The fraction of sp³-hybridized carbons (Fsp3) is 0.857. The van der Waals surface area contributed by atoms with Crippen LogP contribution in [0.5, 0.6) is 0 Å². The number of carbonyl (C=O) groups is 1. The van der Waals surface area contributed by atoms with E-state index in [-0.39, 0.29) is 0 Å². The minimum atomic E-state index is -1.30. The summed E-state index contributed by atoms with van der Waals surface area (Å²) < 4.78 is 9.40. The molecule has 0 radical (unpaired) electrons. The summed E-state index contributed by atoms with van der Waals surface area (Å²) in [7, 11) is 0. The van der Waals surface area contributed by atoms with Crippen molar-refractivity contribution in [1.29, 1.82) is 0 Å². The van der Waals surface area contributed by atoms with E-state index in [1.807, 2.05) is 0 Å². The topological polar surface area (TPSA) is 96.2 Å². The Labute approximate surface area is 74.7 Å². The molecule has 0 saturated carbocycles. The van der Waals surface area contributed by atoms with Crippen LogP contribution in [0.25, 0.3) is 0 Å². The summed E-state index contributed by atoms with van der Waals surface area (Å²) in [5.74, 6) is -0.616. The fourth-order valence-corrected chi connectivity index (χ4v) is 1.13. The number of carbonyl (C=O) groups excluding carboxylic acids is 1. The molecule has 0 aromatic heterocycles. The highest BCUT2D eigenvalue weighted by Gasteiger charge is 2.44. The first kappa shape index (κ1) is 10.4. The van der Waals surface area contributed by atoms with Gasteiger partial charge in [0.15, 0.2) is 0 Å². The van der Waals surface area contributed by atoms with Crippen LogP contribution in [0.15, 0.2) is 0 Å². The summed E-state index contributed by atoms with van der Waals surface area (Å²) >= 11 is 0. The third-order valence-electron chi connectivity index (χ3n) is 1.78. The molecule has 4 atom stereocenters. The molecule has 3 N–H and O–H groups in total. The highest BCUT2D eigenvalue weighted by molar-refractivity contribution is 5.66. The van der Waals surface area contributed by atoms with Crippen LogP contribution in [0.3, 0.4) is 0 Å². The van der Waals surface area contributed by atoms with Crippen molar-refractivity contribution in [3.05, 3.63) is 0 Å². The fourth-order valence-electron chi connectivity index (χ4n) is 1.13. The van der Waals surface area contributed by atoms with Gasteiger partial charge in [0.05, 0.1) is 6.61 Å². The minimum absolute atomic E-state index is 0.435. The molecule has 13 heavy (non-hydrogen) atoms. The number of aliphatic hydroxyl groups is 3. The normalized spacial score (nSPS) is 39.1. The summed E-state index contributed by atoms with van der Waals surface area (Å²) in [5, 5.41) is 27.1. The SMILES string of the molecule is CC(=O)OC1O[C@@H](CO)[C@H](O)[C@@H]1O. The molecule has 0 spiro atoms. The summed E-state index contributed by atoms with van der Waals surface area (Å²) in [5.41, 5.74) is 0. The Morgan fingerprint density at radius 1 is 1.46 bits per heavy atom. The lowest BCUT2D eigenvalue weighted by molar-refractivity contribution is -0.187. The van der Waals surface area contributed by atoms with E-state index < -0.39 is 37.2 Å². The van der Waals surface area contributed by atoms with Crippen LogP contribution in [0.1, 0.15) is 6.92 Å². The molecule has 1 rings (SSSR count). The Bertz CT molecular complexity index is 193. The highest BCUT2D eigenvalue weighted by atomic mass is 16.7. The summed E-state index contributed by atoms with van der Waals surface area (Å²) in [6, 6.07) is 0. The first-order chi connectivity index (χ1) is 6.06. The average molecular weight is 192 g/mol. The van der Waals surface area contributed by atoms with E-state index in [0.29, 0.717) is 0 Å². The van der Waals surface area contributed by atoms with E-state index in [1.54, 1.807) is 0 Å². The molecule has 6 heteroatoms. The predicted octanol–water partition coefficient (Wildman–Crippen LogP) is -2.01. The highest BCUT2D eigenvalue weighted by Crippen LogP contribution is 2.21. The van der Waals surface area contributed by atoms with Crippen LogP contribution in [0.2, 0.25) is 0 Å². The molecular formula is C7H12O6. The van der Waals surface area contributed by atoms with Crippen molar-refractivity contribution < 1.29 is 29.6 Å². The summed E-state index contributed by atoms with van der Waals surface area (Å²) in [4.78, 5) is 10.5. The molecule has 1 aliphatic heterocycles. The molecule has 76 valence electrons. The van der Waals surface area contributed by atoms with Crippen LogP contribution in [0, 0.1) is 0 Å². The molecule has 0 aliphatic carbocycles. The molecule has 1 aliphatic rings. The molecule has 1 saturated heterocycles. The molecule has 0 aromatic rings. The van der Waals surface area contributed by atoms with Crippen LogP contribution in [-0.2, 0) is 14.3 Å². The zero-order valence-corrected chi connectivity index (χ0v) is 7.08. The predicted molar refractivity (Wildman–Crippen MR) is 39.5 cm³/mol. The van der Waals surface area contributed by atoms with Crippen molar-refractivity contribution in [2.75, 3.05) is 6.61 Å². The molecule has 0 amide bonds. The Balaban J connectivity index is 2.55. The van der Waals surface area contributed by atoms with E-state index in [1.165, 1.54) is 0 Å². The van der Waals surface area contributed by atoms with Gasteiger partial charge in [-0.1, -0.05) is 0 Å². The van der Waals surface area contributed by atoms with Crippen LogP contribution in [0.4, 0.5) is 0 Å². The van der Waals surface area contributed by atoms with Gasteiger partial charge in [-0.25, -0.2) is 0 Å². The van der Waals surface area contributed by atoms with Crippen LogP contribution in [-0.4, -0.2) is 52.5 Å². The second kappa shape index (κ2) is 4.01. The Kier molecular flexibility index (Phi) is 3.21. The minimum Gasteiger partial charge on any atom is -0.433 e. The lowest BCUT2D eigenvalue weighted by Crippen LogP contribution is -2.35. The van der Waals surface area contributed by atoms with Gasteiger partial charge in [-0.2, -0.15) is 0 Å². The Morgan fingerprint density at radius 2 is 2.08 bits per heavy atom. The van der Waals surface area contributed by atoms with Crippen molar-refractivity contribution in [3.8, 4) is 0 Å². The molecule has 1 fully saturated rings. The lowest BCUT2D eigenvalue weighted by Gasteiger charge is -2.13. The number of hydrogen-bond acceptors (Lipinski definition) is 6. The molecule has 1 heterocycles. The number of rotatable bonds is 2. The van der Waals surface area contributed by atoms with E-state index in [9.17, 15) is 15.0 Å². The van der Waals surface area contributed by atoms with Crippen LogP contribution < -0.4 is 0 Å². The van der Waals surface area contributed by atoms with Crippen molar-refractivity contribution in [1.82, 2.24) is 0 Å². The number of hydrogen-bond donors (Lipinski definition) is 3. The molecule has 6 nitrogen and oxygen atoms in total. The average Bonchev–Trinajstić information content (AvgIpc) is 2.32. The van der Waals surface area contributed by atoms with Gasteiger partial charge in [0, 0.05) is 6.92 Å². The number of aliphatic hydroxyl groups excluding tert-OH is 3. The zero-order valence-electron chi connectivity index (χ0n) is 7.08. The van der Waals surface area contributed by atoms with E-state index in [4.69, 9.17) is 9.84 Å². The third kappa shape index (κ3) is 2.16. The molecule has 1 unspecified atom stereocenters. The maximum absolute atomic E-state index is 10.5. The largest absolute Gasteiger partial charge is 0.433 e. The van der Waals surface area contributed by atoms with Gasteiger partial charge >= 0.3 is 5.97 Å². The first-order valence-corrected chi connectivity index (χ1v) is 3.86. The third-order valence-corrected chi connectivity index (χ3v) is 1.78. The zero-order chi connectivity index (χ0) is 10.0.